The number of carbonyl (C=O) groups excluding carboxylic acids is 3. The average molecular weight is 694 g/mol. The summed E-state index contributed by atoms with van der Waals surface area (Å²) >= 11 is 3.30. The molecule has 2 aromatic rings. The molecule has 1 aliphatic heterocycles. The highest BCUT2D eigenvalue weighted by molar-refractivity contribution is 9.10. The first-order valence-corrected chi connectivity index (χ1v) is 16.8. The van der Waals surface area contributed by atoms with Gasteiger partial charge in [0.2, 0.25) is 21.2 Å². The van der Waals surface area contributed by atoms with Crippen molar-refractivity contribution in [2.75, 3.05) is 13.2 Å². The smallest absolute Gasteiger partial charge is 0.324 e. The zero-order chi connectivity index (χ0) is 32.4. The van der Waals surface area contributed by atoms with Crippen LogP contribution in [-0.4, -0.2) is 67.9 Å². The summed E-state index contributed by atoms with van der Waals surface area (Å²) in [4.78, 5) is 39.4. The number of halogens is 1. The topological polar surface area (TPSA) is 157 Å². The first-order valence-electron chi connectivity index (χ1n) is 14.5. The van der Waals surface area contributed by atoms with Gasteiger partial charge in [0.05, 0.1) is 17.5 Å². The van der Waals surface area contributed by atoms with E-state index in [1.807, 2.05) is 0 Å². The summed E-state index contributed by atoms with van der Waals surface area (Å²) in [6.07, 6.45) is 3.28. The maximum Gasteiger partial charge on any atom is 0.324 e. The molecular weight excluding hydrogens is 652 g/mol. The standard InChI is InChI=1S/C31H41BrN4O7S/c1-5-6-17-42-31(39)26-11-8-16-36(35-26)30(38)27(34-29(37)28(33)20(2)3)19-22-9-7-10-24(18-22)43-21(4)44(40,41)25-14-12-23(32)13-15-25/h5,7,9-10,12-15,18,20-21,26-28,35H,1,6,8,11,16-17,19,33H2,2-4H3,(H,34,37)/t21?,26-,27-,28-/m0/s1. The Balaban J connectivity index is 1.78. The van der Waals surface area contributed by atoms with E-state index in [4.69, 9.17) is 15.2 Å². The van der Waals surface area contributed by atoms with E-state index >= 15 is 0 Å². The molecule has 0 aliphatic carbocycles. The van der Waals surface area contributed by atoms with Crippen LogP contribution in [0.1, 0.15) is 45.6 Å². The van der Waals surface area contributed by atoms with E-state index in [2.05, 4.69) is 33.3 Å². The number of hydrazine groups is 1. The largest absolute Gasteiger partial charge is 0.474 e. The van der Waals surface area contributed by atoms with Crippen molar-refractivity contribution in [3.63, 3.8) is 0 Å². The average Bonchev–Trinajstić information content (AvgIpc) is 3.00. The zero-order valence-corrected chi connectivity index (χ0v) is 27.6. The summed E-state index contributed by atoms with van der Waals surface area (Å²) in [6, 6.07) is 10.4. The van der Waals surface area contributed by atoms with Crippen LogP contribution in [0.4, 0.5) is 0 Å². The molecule has 0 spiro atoms. The molecule has 4 atom stereocenters. The molecule has 44 heavy (non-hydrogen) atoms. The van der Waals surface area contributed by atoms with Crippen LogP contribution in [0, 0.1) is 5.92 Å². The molecule has 0 radical (unpaired) electrons. The van der Waals surface area contributed by atoms with E-state index in [0.29, 0.717) is 31.4 Å². The first kappa shape index (κ1) is 35.2. The minimum absolute atomic E-state index is 0.0626. The Morgan fingerprint density at radius 3 is 2.55 bits per heavy atom. The Bertz CT molecular complexity index is 1420. The predicted molar refractivity (Wildman–Crippen MR) is 170 cm³/mol. The summed E-state index contributed by atoms with van der Waals surface area (Å²) in [5, 5.41) is 4.11. The molecule has 2 amide bonds. The van der Waals surface area contributed by atoms with Crippen LogP contribution in [0.15, 0.2) is 70.6 Å². The molecule has 1 aliphatic rings. The highest BCUT2D eigenvalue weighted by Gasteiger charge is 2.34. The van der Waals surface area contributed by atoms with Crippen LogP contribution in [0.25, 0.3) is 0 Å². The number of benzene rings is 2. The molecule has 4 N–H and O–H groups in total. The lowest BCUT2D eigenvalue weighted by molar-refractivity contribution is -0.153. The van der Waals surface area contributed by atoms with E-state index in [0.717, 1.165) is 4.47 Å². The number of ether oxygens (including phenoxy) is 2. The van der Waals surface area contributed by atoms with Gasteiger partial charge in [-0.05, 0) is 74.1 Å². The molecule has 0 aromatic heterocycles. The third kappa shape index (κ3) is 9.62. The van der Waals surface area contributed by atoms with E-state index < -0.39 is 51.2 Å². The second-order valence-electron chi connectivity index (χ2n) is 10.9. The lowest BCUT2D eigenvalue weighted by atomic mass is 10.0. The molecule has 1 fully saturated rings. The predicted octanol–water partition coefficient (Wildman–Crippen LogP) is 3.27. The Morgan fingerprint density at radius 1 is 1.18 bits per heavy atom. The van der Waals surface area contributed by atoms with Gasteiger partial charge in [0, 0.05) is 17.4 Å². The Labute approximate surface area is 267 Å². The van der Waals surface area contributed by atoms with Gasteiger partial charge in [-0.2, -0.15) is 0 Å². The lowest BCUT2D eigenvalue weighted by Gasteiger charge is -2.35. The minimum atomic E-state index is -3.80. The summed E-state index contributed by atoms with van der Waals surface area (Å²) < 4.78 is 38.0. The van der Waals surface area contributed by atoms with Gasteiger partial charge >= 0.3 is 5.97 Å². The third-order valence-electron chi connectivity index (χ3n) is 7.16. The molecule has 240 valence electrons. The van der Waals surface area contributed by atoms with Crippen molar-refractivity contribution in [2.24, 2.45) is 11.7 Å². The van der Waals surface area contributed by atoms with Gasteiger partial charge in [0.15, 0.2) is 0 Å². The SMILES string of the molecule is C=CCCOC(=O)[C@@H]1CCCN(C(=O)[C@H](Cc2cccc(OC(C)S(=O)(=O)c3ccc(Br)cc3)c2)NC(=O)[C@@H](N)C(C)C)N1. The van der Waals surface area contributed by atoms with Crippen molar-refractivity contribution in [1.82, 2.24) is 15.8 Å². The van der Waals surface area contributed by atoms with Crippen molar-refractivity contribution in [2.45, 2.75) is 74.9 Å². The molecule has 1 saturated heterocycles. The number of nitrogens with one attached hydrogen (secondary N) is 2. The van der Waals surface area contributed by atoms with E-state index in [9.17, 15) is 22.8 Å². The highest BCUT2D eigenvalue weighted by Crippen LogP contribution is 2.23. The van der Waals surface area contributed by atoms with Gasteiger partial charge in [0.25, 0.3) is 5.91 Å². The number of nitrogens with two attached hydrogens (primary N) is 1. The minimum Gasteiger partial charge on any atom is -0.474 e. The van der Waals surface area contributed by atoms with Gasteiger partial charge < -0.3 is 20.5 Å². The summed E-state index contributed by atoms with van der Waals surface area (Å²) in [5.41, 5.74) is 8.45. The number of carbonyl (C=O) groups is 3. The van der Waals surface area contributed by atoms with E-state index in [1.165, 1.54) is 24.1 Å². The van der Waals surface area contributed by atoms with Gasteiger partial charge in [0.1, 0.15) is 17.8 Å². The number of nitrogens with zero attached hydrogens (tertiary/aromatic N) is 1. The number of amides is 2. The molecule has 1 unspecified atom stereocenters. The molecule has 13 heteroatoms. The Morgan fingerprint density at radius 2 is 1.89 bits per heavy atom. The fourth-order valence-electron chi connectivity index (χ4n) is 4.47. The molecule has 11 nitrogen and oxygen atoms in total. The van der Waals surface area contributed by atoms with Crippen LogP contribution >= 0.6 is 15.9 Å². The second-order valence-corrected chi connectivity index (χ2v) is 14.1. The van der Waals surface area contributed by atoms with Crippen LogP contribution < -0.4 is 21.2 Å². The zero-order valence-electron chi connectivity index (χ0n) is 25.2. The maximum absolute atomic E-state index is 13.8. The summed E-state index contributed by atoms with van der Waals surface area (Å²) in [6.45, 7) is 9.19. The molecule has 3 rings (SSSR count). The first-order chi connectivity index (χ1) is 20.8. The number of hydrogen-bond acceptors (Lipinski definition) is 9. The van der Waals surface area contributed by atoms with Crippen LogP contribution in [0.5, 0.6) is 5.75 Å². The molecule has 1 heterocycles. The normalized spacial score (nSPS) is 17.3. The van der Waals surface area contributed by atoms with Gasteiger partial charge in [-0.1, -0.05) is 48.0 Å². The molecule has 0 bridgehead atoms. The monoisotopic (exact) mass is 692 g/mol. The highest BCUT2D eigenvalue weighted by atomic mass is 79.9. The number of sulfone groups is 1. The van der Waals surface area contributed by atoms with Crippen molar-refractivity contribution < 1.29 is 32.3 Å². The second kappa shape index (κ2) is 16.2. The Hall–Kier alpha value is -3.26. The Kier molecular flexibility index (Phi) is 12.9. The quantitative estimate of drug-likeness (QED) is 0.154. The molecule has 2 aromatic carbocycles. The van der Waals surface area contributed by atoms with Crippen molar-refractivity contribution in [1.29, 1.82) is 0 Å². The number of esters is 1. The summed E-state index contributed by atoms with van der Waals surface area (Å²) in [5.74, 6) is -1.29. The molecular formula is C31H41BrN4O7S. The van der Waals surface area contributed by atoms with E-state index in [-0.39, 0.29) is 29.6 Å². The number of hydrogen-bond donors (Lipinski definition) is 3. The lowest BCUT2D eigenvalue weighted by Crippen LogP contribution is -2.61. The van der Waals surface area contributed by atoms with Crippen molar-refractivity contribution in [3.8, 4) is 5.75 Å². The number of rotatable bonds is 14. The van der Waals surface area contributed by atoms with Gasteiger partial charge in [-0.25, -0.2) is 13.8 Å². The molecule has 0 saturated carbocycles. The maximum atomic E-state index is 13.8. The van der Waals surface area contributed by atoms with Crippen LogP contribution in [0.3, 0.4) is 0 Å². The van der Waals surface area contributed by atoms with Crippen molar-refractivity contribution in [3.05, 3.63) is 71.2 Å². The van der Waals surface area contributed by atoms with Crippen LogP contribution in [0.2, 0.25) is 0 Å². The fraction of sp³-hybridized carbons (Fsp3) is 0.452. The van der Waals surface area contributed by atoms with E-state index in [1.54, 1.807) is 56.3 Å². The van der Waals surface area contributed by atoms with Gasteiger partial charge in [-0.3, -0.25) is 19.4 Å². The van der Waals surface area contributed by atoms with Gasteiger partial charge in [-0.15, -0.1) is 6.58 Å². The fourth-order valence-corrected chi connectivity index (χ4v) is 5.87. The van der Waals surface area contributed by atoms with Crippen molar-refractivity contribution >= 4 is 43.6 Å². The summed E-state index contributed by atoms with van der Waals surface area (Å²) in [7, 11) is -3.80. The van der Waals surface area contributed by atoms with Crippen LogP contribution in [-0.2, 0) is 35.4 Å². The third-order valence-corrected chi connectivity index (χ3v) is 9.59.